The van der Waals surface area contributed by atoms with E-state index in [1.165, 1.54) is 18.2 Å². The van der Waals surface area contributed by atoms with E-state index in [-0.39, 0.29) is 11.6 Å². The van der Waals surface area contributed by atoms with E-state index in [0.717, 1.165) is 25.8 Å². The third-order valence-corrected chi connectivity index (χ3v) is 3.02. The SMILES string of the molecule is CCCNC(CCC(C)C)c1c(F)cccc1F. The Morgan fingerprint density at radius 3 is 2.22 bits per heavy atom. The van der Waals surface area contributed by atoms with Crippen LogP contribution in [0.2, 0.25) is 0 Å². The van der Waals surface area contributed by atoms with Crippen molar-refractivity contribution in [1.29, 1.82) is 0 Å². The summed E-state index contributed by atoms with van der Waals surface area (Å²) in [4.78, 5) is 0. The van der Waals surface area contributed by atoms with Gasteiger partial charge >= 0.3 is 0 Å². The van der Waals surface area contributed by atoms with Crippen LogP contribution in [0.1, 0.15) is 51.6 Å². The van der Waals surface area contributed by atoms with Crippen molar-refractivity contribution < 1.29 is 8.78 Å². The molecule has 1 rings (SSSR count). The van der Waals surface area contributed by atoms with Gasteiger partial charge in [-0.25, -0.2) is 8.78 Å². The summed E-state index contributed by atoms with van der Waals surface area (Å²) in [6, 6.07) is 3.84. The van der Waals surface area contributed by atoms with Gasteiger partial charge in [-0.05, 0) is 43.9 Å². The first-order valence-corrected chi connectivity index (χ1v) is 6.73. The first-order valence-electron chi connectivity index (χ1n) is 6.73. The zero-order chi connectivity index (χ0) is 13.5. The highest BCUT2D eigenvalue weighted by atomic mass is 19.1. The molecule has 0 aromatic heterocycles. The fourth-order valence-corrected chi connectivity index (χ4v) is 2.01. The van der Waals surface area contributed by atoms with Crippen molar-refractivity contribution in [2.24, 2.45) is 5.92 Å². The van der Waals surface area contributed by atoms with Gasteiger partial charge in [-0.15, -0.1) is 0 Å². The Morgan fingerprint density at radius 1 is 1.11 bits per heavy atom. The molecule has 0 bridgehead atoms. The Labute approximate surface area is 109 Å². The van der Waals surface area contributed by atoms with Crippen molar-refractivity contribution in [2.75, 3.05) is 6.54 Å². The highest BCUT2D eigenvalue weighted by Gasteiger charge is 2.19. The standard InChI is InChI=1S/C15H23F2N/c1-4-10-18-14(9-8-11(2)3)15-12(16)6-5-7-13(15)17/h5-7,11,14,18H,4,8-10H2,1-3H3. The normalized spacial score (nSPS) is 13.0. The molecule has 0 aliphatic heterocycles. The van der Waals surface area contributed by atoms with Gasteiger partial charge in [-0.2, -0.15) is 0 Å². The minimum atomic E-state index is -0.452. The number of halogens is 2. The Morgan fingerprint density at radius 2 is 1.72 bits per heavy atom. The smallest absolute Gasteiger partial charge is 0.130 e. The first kappa shape index (κ1) is 15.1. The highest BCUT2D eigenvalue weighted by molar-refractivity contribution is 5.23. The predicted molar refractivity (Wildman–Crippen MR) is 71.5 cm³/mol. The molecule has 0 heterocycles. The second kappa shape index (κ2) is 7.47. The molecule has 1 aromatic carbocycles. The van der Waals surface area contributed by atoms with E-state index < -0.39 is 11.6 Å². The fraction of sp³-hybridized carbons (Fsp3) is 0.600. The quantitative estimate of drug-likeness (QED) is 0.759. The topological polar surface area (TPSA) is 12.0 Å². The molecule has 1 atom stereocenters. The van der Waals surface area contributed by atoms with Crippen LogP contribution in [0.5, 0.6) is 0 Å². The van der Waals surface area contributed by atoms with Gasteiger partial charge in [0.25, 0.3) is 0 Å². The summed E-state index contributed by atoms with van der Waals surface area (Å²) in [5.74, 6) is -0.370. The zero-order valence-corrected chi connectivity index (χ0v) is 11.5. The van der Waals surface area contributed by atoms with E-state index in [9.17, 15) is 8.78 Å². The fourth-order valence-electron chi connectivity index (χ4n) is 2.01. The molecule has 1 nitrogen and oxygen atoms in total. The van der Waals surface area contributed by atoms with E-state index in [1.807, 2.05) is 6.92 Å². The van der Waals surface area contributed by atoms with E-state index in [1.54, 1.807) is 0 Å². The Balaban J connectivity index is 2.86. The van der Waals surface area contributed by atoms with Gasteiger partial charge in [0.05, 0.1) is 0 Å². The minimum absolute atomic E-state index is 0.187. The van der Waals surface area contributed by atoms with Crippen LogP contribution < -0.4 is 5.32 Å². The third-order valence-electron chi connectivity index (χ3n) is 3.02. The molecule has 0 radical (unpaired) electrons. The molecule has 3 heteroatoms. The molecule has 0 amide bonds. The molecule has 102 valence electrons. The van der Waals surface area contributed by atoms with E-state index >= 15 is 0 Å². The second-order valence-electron chi connectivity index (χ2n) is 5.11. The van der Waals surface area contributed by atoms with E-state index in [4.69, 9.17) is 0 Å². The lowest BCUT2D eigenvalue weighted by Gasteiger charge is -2.21. The van der Waals surface area contributed by atoms with Gasteiger partial charge in [0, 0.05) is 11.6 Å². The van der Waals surface area contributed by atoms with Crippen LogP contribution in [0.3, 0.4) is 0 Å². The molecule has 0 aliphatic rings. The Hall–Kier alpha value is -0.960. The zero-order valence-electron chi connectivity index (χ0n) is 11.5. The highest BCUT2D eigenvalue weighted by Crippen LogP contribution is 2.26. The molecule has 18 heavy (non-hydrogen) atoms. The summed E-state index contributed by atoms with van der Waals surface area (Å²) >= 11 is 0. The monoisotopic (exact) mass is 255 g/mol. The molecule has 1 aromatic rings. The Kier molecular flexibility index (Phi) is 6.27. The average Bonchev–Trinajstić information content (AvgIpc) is 2.31. The molecule has 1 unspecified atom stereocenters. The van der Waals surface area contributed by atoms with Gasteiger partial charge < -0.3 is 5.32 Å². The maximum Gasteiger partial charge on any atom is 0.130 e. The lowest BCUT2D eigenvalue weighted by atomic mass is 9.96. The summed E-state index contributed by atoms with van der Waals surface area (Å²) in [5.41, 5.74) is 0.187. The van der Waals surface area contributed by atoms with Crippen LogP contribution in [-0.4, -0.2) is 6.54 Å². The van der Waals surface area contributed by atoms with Gasteiger partial charge in [-0.3, -0.25) is 0 Å². The molecule has 1 N–H and O–H groups in total. The van der Waals surface area contributed by atoms with Crippen molar-refractivity contribution in [1.82, 2.24) is 5.32 Å². The van der Waals surface area contributed by atoms with Crippen LogP contribution in [-0.2, 0) is 0 Å². The molecule has 0 saturated carbocycles. The maximum absolute atomic E-state index is 13.8. The van der Waals surface area contributed by atoms with Gasteiger partial charge in [-0.1, -0.05) is 26.8 Å². The number of benzene rings is 1. The largest absolute Gasteiger partial charge is 0.310 e. The first-order chi connectivity index (χ1) is 8.56. The predicted octanol–water partition coefficient (Wildman–Crippen LogP) is 4.44. The number of nitrogens with one attached hydrogen (secondary N) is 1. The van der Waals surface area contributed by atoms with E-state index in [0.29, 0.717) is 5.92 Å². The van der Waals surface area contributed by atoms with Gasteiger partial charge in [0.15, 0.2) is 0 Å². The molecular weight excluding hydrogens is 232 g/mol. The van der Waals surface area contributed by atoms with Crippen LogP contribution in [0.25, 0.3) is 0 Å². The summed E-state index contributed by atoms with van der Waals surface area (Å²) < 4.78 is 27.5. The number of rotatable bonds is 7. The van der Waals surface area contributed by atoms with Gasteiger partial charge in [0.2, 0.25) is 0 Å². The average molecular weight is 255 g/mol. The van der Waals surface area contributed by atoms with Crippen molar-refractivity contribution in [3.05, 3.63) is 35.4 Å². The number of hydrogen-bond donors (Lipinski definition) is 1. The van der Waals surface area contributed by atoms with Crippen LogP contribution in [0.15, 0.2) is 18.2 Å². The van der Waals surface area contributed by atoms with E-state index in [2.05, 4.69) is 19.2 Å². The lowest BCUT2D eigenvalue weighted by molar-refractivity contribution is 0.410. The third kappa shape index (κ3) is 4.37. The molecule has 0 saturated heterocycles. The summed E-state index contributed by atoms with van der Waals surface area (Å²) in [5, 5.41) is 3.24. The van der Waals surface area contributed by atoms with Crippen molar-refractivity contribution in [3.8, 4) is 0 Å². The van der Waals surface area contributed by atoms with Crippen LogP contribution >= 0.6 is 0 Å². The van der Waals surface area contributed by atoms with Crippen molar-refractivity contribution in [3.63, 3.8) is 0 Å². The van der Waals surface area contributed by atoms with Crippen LogP contribution in [0, 0.1) is 17.6 Å². The van der Waals surface area contributed by atoms with Gasteiger partial charge in [0.1, 0.15) is 11.6 Å². The lowest BCUT2D eigenvalue weighted by Crippen LogP contribution is -2.24. The second-order valence-corrected chi connectivity index (χ2v) is 5.11. The summed E-state index contributed by atoms with van der Waals surface area (Å²) in [7, 11) is 0. The summed E-state index contributed by atoms with van der Waals surface area (Å²) in [6.45, 7) is 7.06. The Bertz CT molecular complexity index is 343. The minimum Gasteiger partial charge on any atom is -0.310 e. The number of hydrogen-bond acceptors (Lipinski definition) is 1. The van der Waals surface area contributed by atoms with Crippen molar-refractivity contribution >= 4 is 0 Å². The maximum atomic E-state index is 13.8. The molecule has 0 aliphatic carbocycles. The van der Waals surface area contributed by atoms with Crippen molar-refractivity contribution in [2.45, 2.75) is 46.1 Å². The molecule has 0 spiro atoms. The van der Waals surface area contributed by atoms with Crippen LogP contribution in [0.4, 0.5) is 8.78 Å². The molecule has 0 fully saturated rings. The summed E-state index contributed by atoms with van der Waals surface area (Å²) in [6.07, 6.45) is 2.67. The molecular formula is C15H23F2N.